The fraction of sp³-hybridized carbons (Fsp3) is 0.222. The predicted octanol–water partition coefficient (Wildman–Crippen LogP) is 3.22. The van der Waals surface area contributed by atoms with Crippen molar-refractivity contribution in [1.29, 1.82) is 0 Å². The third kappa shape index (κ3) is 3.65. The summed E-state index contributed by atoms with van der Waals surface area (Å²) < 4.78 is 0. The fourth-order valence-corrected chi connectivity index (χ4v) is 3.38. The van der Waals surface area contributed by atoms with Gasteiger partial charge in [0, 0.05) is 43.9 Å². The molecule has 122 valence electrons. The number of carbonyl (C=O) groups is 1. The molecule has 0 bridgehead atoms. The van der Waals surface area contributed by atoms with Gasteiger partial charge in [-0.25, -0.2) is 4.98 Å². The summed E-state index contributed by atoms with van der Waals surface area (Å²) in [4.78, 5) is 27.8. The molecule has 0 saturated heterocycles. The molecule has 1 amide bonds. The Morgan fingerprint density at radius 2 is 1.96 bits per heavy atom. The second-order valence-electron chi connectivity index (χ2n) is 5.51. The number of hydrogen-bond donors (Lipinski definition) is 0. The van der Waals surface area contributed by atoms with E-state index in [4.69, 9.17) is 0 Å². The maximum atomic E-state index is 12.7. The molecular weight excluding hydrogens is 320 g/mol. The largest absolute Gasteiger partial charge is 0.341 e. The van der Waals surface area contributed by atoms with Crippen LogP contribution in [0.25, 0.3) is 10.6 Å². The van der Waals surface area contributed by atoms with Crippen LogP contribution in [-0.4, -0.2) is 39.4 Å². The second-order valence-corrected chi connectivity index (χ2v) is 6.51. The Kier molecular flexibility index (Phi) is 4.96. The Balaban J connectivity index is 1.71. The Morgan fingerprint density at radius 3 is 2.67 bits per heavy atom. The Bertz CT molecular complexity index is 818. The van der Waals surface area contributed by atoms with Crippen molar-refractivity contribution in [2.75, 3.05) is 13.6 Å². The first kappa shape index (κ1) is 16.3. The van der Waals surface area contributed by atoms with Gasteiger partial charge in [-0.3, -0.25) is 14.8 Å². The van der Waals surface area contributed by atoms with Crippen molar-refractivity contribution in [3.63, 3.8) is 0 Å². The lowest BCUT2D eigenvalue weighted by atomic mass is 10.2. The van der Waals surface area contributed by atoms with Crippen LogP contribution in [0.4, 0.5) is 0 Å². The van der Waals surface area contributed by atoms with E-state index < -0.39 is 0 Å². The monoisotopic (exact) mass is 338 g/mol. The highest BCUT2D eigenvalue weighted by Gasteiger charge is 2.19. The van der Waals surface area contributed by atoms with Crippen molar-refractivity contribution < 1.29 is 4.79 Å². The standard InChI is InChI=1S/C18H18N4OS/c1-13-16(24-17(21-13)15-4-3-8-20-12-15)18(23)22(2)11-7-14-5-9-19-10-6-14/h3-6,8-10,12H,7,11H2,1-2H3. The van der Waals surface area contributed by atoms with Crippen molar-refractivity contribution in [3.05, 3.63) is 65.2 Å². The number of likely N-dealkylation sites (N-methyl/N-ethyl adjacent to an activating group) is 1. The lowest BCUT2D eigenvalue weighted by Gasteiger charge is -2.16. The third-order valence-corrected chi connectivity index (χ3v) is 4.93. The van der Waals surface area contributed by atoms with Gasteiger partial charge in [0.2, 0.25) is 0 Å². The van der Waals surface area contributed by atoms with Gasteiger partial charge in [-0.15, -0.1) is 11.3 Å². The summed E-state index contributed by atoms with van der Waals surface area (Å²) in [6.45, 7) is 2.53. The number of aryl methyl sites for hydroxylation is 1. The maximum absolute atomic E-state index is 12.7. The molecule has 0 aliphatic heterocycles. The van der Waals surface area contributed by atoms with Crippen LogP contribution in [0.1, 0.15) is 20.9 Å². The zero-order valence-electron chi connectivity index (χ0n) is 13.6. The van der Waals surface area contributed by atoms with Gasteiger partial charge in [-0.2, -0.15) is 0 Å². The van der Waals surface area contributed by atoms with Crippen molar-refractivity contribution in [2.45, 2.75) is 13.3 Å². The quantitative estimate of drug-likeness (QED) is 0.717. The van der Waals surface area contributed by atoms with Crippen LogP contribution >= 0.6 is 11.3 Å². The van der Waals surface area contributed by atoms with Gasteiger partial charge in [-0.1, -0.05) is 0 Å². The Morgan fingerprint density at radius 1 is 1.17 bits per heavy atom. The fourth-order valence-electron chi connectivity index (χ4n) is 2.33. The van der Waals surface area contributed by atoms with Gasteiger partial charge in [0.05, 0.1) is 5.69 Å². The summed E-state index contributed by atoms with van der Waals surface area (Å²) in [6.07, 6.45) is 7.83. The molecule has 0 aromatic carbocycles. The van der Waals surface area contributed by atoms with Crippen LogP contribution < -0.4 is 0 Å². The molecule has 5 nitrogen and oxygen atoms in total. The minimum absolute atomic E-state index is 0.00852. The van der Waals surface area contributed by atoms with Crippen molar-refractivity contribution in [1.82, 2.24) is 19.9 Å². The minimum atomic E-state index is 0.00852. The van der Waals surface area contributed by atoms with Crippen LogP contribution in [0, 0.1) is 6.92 Å². The summed E-state index contributed by atoms with van der Waals surface area (Å²) in [5.74, 6) is 0.00852. The molecule has 3 heterocycles. The summed E-state index contributed by atoms with van der Waals surface area (Å²) in [5.41, 5.74) is 2.87. The highest BCUT2D eigenvalue weighted by Crippen LogP contribution is 2.28. The highest BCUT2D eigenvalue weighted by atomic mass is 32.1. The first-order valence-electron chi connectivity index (χ1n) is 7.67. The predicted molar refractivity (Wildman–Crippen MR) is 95.0 cm³/mol. The summed E-state index contributed by atoms with van der Waals surface area (Å²) in [7, 11) is 1.83. The summed E-state index contributed by atoms with van der Waals surface area (Å²) in [5, 5.41) is 0.825. The van der Waals surface area contributed by atoms with Gasteiger partial charge in [0.15, 0.2) is 0 Å². The van der Waals surface area contributed by atoms with Crippen LogP contribution in [0.5, 0.6) is 0 Å². The van der Waals surface area contributed by atoms with Crippen molar-refractivity contribution in [3.8, 4) is 10.6 Å². The SMILES string of the molecule is Cc1nc(-c2cccnc2)sc1C(=O)N(C)CCc1ccncc1. The summed E-state index contributed by atoms with van der Waals surface area (Å²) in [6, 6.07) is 7.76. The molecule has 3 rings (SSSR count). The van der Waals surface area contributed by atoms with Crippen molar-refractivity contribution in [2.24, 2.45) is 0 Å². The molecule has 0 N–H and O–H groups in total. The normalized spacial score (nSPS) is 10.6. The van der Waals surface area contributed by atoms with E-state index in [1.807, 2.05) is 38.2 Å². The number of rotatable bonds is 5. The van der Waals surface area contributed by atoms with E-state index in [1.54, 1.807) is 29.7 Å². The average Bonchev–Trinajstić information content (AvgIpc) is 3.02. The van der Waals surface area contributed by atoms with Crippen LogP contribution in [-0.2, 0) is 6.42 Å². The maximum Gasteiger partial charge on any atom is 0.265 e. The first-order valence-corrected chi connectivity index (χ1v) is 8.49. The molecule has 0 fully saturated rings. The van der Waals surface area contributed by atoms with Gasteiger partial charge in [0.25, 0.3) is 5.91 Å². The molecular formula is C18H18N4OS. The van der Waals surface area contributed by atoms with E-state index in [9.17, 15) is 4.79 Å². The number of pyridine rings is 2. The lowest BCUT2D eigenvalue weighted by Crippen LogP contribution is -2.28. The third-order valence-electron chi connectivity index (χ3n) is 3.73. The Hall–Kier alpha value is -2.60. The second kappa shape index (κ2) is 7.31. The van der Waals surface area contributed by atoms with Crippen LogP contribution in [0.3, 0.4) is 0 Å². The molecule has 0 atom stereocenters. The smallest absolute Gasteiger partial charge is 0.265 e. The topological polar surface area (TPSA) is 59.0 Å². The van der Waals surface area contributed by atoms with Gasteiger partial charge in [-0.05, 0) is 43.2 Å². The van der Waals surface area contributed by atoms with E-state index in [-0.39, 0.29) is 5.91 Å². The van der Waals surface area contributed by atoms with E-state index in [0.717, 1.165) is 22.7 Å². The van der Waals surface area contributed by atoms with E-state index in [2.05, 4.69) is 15.0 Å². The molecule has 0 unspecified atom stereocenters. The van der Waals surface area contributed by atoms with Crippen LogP contribution in [0.2, 0.25) is 0 Å². The Labute approximate surface area is 145 Å². The molecule has 6 heteroatoms. The lowest BCUT2D eigenvalue weighted by molar-refractivity contribution is 0.0800. The zero-order valence-corrected chi connectivity index (χ0v) is 14.5. The zero-order chi connectivity index (χ0) is 16.9. The number of aromatic nitrogens is 3. The number of thiazole rings is 1. The average molecular weight is 338 g/mol. The first-order chi connectivity index (χ1) is 11.6. The number of amides is 1. The molecule has 0 aliphatic carbocycles. The van der Waals surface area contributed by atoms with Gasteiger partial charge in [0.1, 0.15) is 9.88 Å². The van der Waals surface area contributed by atoms with E-state index in [0.29, 0.717) is 11.4 Å². The van der Waals surface area contributed by atoms with Gasteiger partial charge < -0.3 is 4.90 Å². The minimum Gasteiger partial charge on any atom is -0.341 e. The van der Waals surface area contributed by atoms with Crippen LogP contribution in [0.15, 0.2) is 49.1 Å². The molecule has 0 radical (unpaired) electrons. The molecule has 0 saturated carbocycles. The van der Waals surface area contributed by atoms with E-state index >= 15 is 0 Å². The summed E-state index contributed by atoms with van der Waals surface area (Å²) >= 11 is 1.42. The molecule has 3 aromatic rings. The molecule has 3 aromatic heterocycles. The highest BCUT2D eigenvalue weighted by molar-refractivity contribution is 7.17. The number of nitrogens with zero attached hydrogens (tertiary/aromatic N) is 4. The van der Waals surface area contributed by atoms with Crippen molar-refractivity contribution >= 4 is 17.2 Å². The molecule has 0 spiro atoms. The molecule has 0 aliphatic rings. The number of carbonyl (C=O) groups excluding carboxylic acids is 1. The van der Waals surface area contributed by atoms with Gasteiger partial charge >= 0.3 is 0 Å². The van der Waals surface area contributed by atoms with E-state index in [1.165, 1.54) is 16.9 Å². The molecule has 24 heavy (non-hydrogen) atoms. The number of hydrogen-bond acceptors (Lipinski definition) is 5.